The number of aromatic nitrogens is 1. The molecule has 1 aliphatic carbocycles. The van der Waals surface area contributed by atoms with E-state index in [4.69, 9.17) is 4.74 Å². The zero-order chi connectivity index (χ0) is 36.5. The van der Waals surface area contributed by atoms with Gasteiger partial charge in [0, 0.05) is 63.5 Å². The van der Waals surface area contributed by atoms with Gasteiger partial charge in [0.1, 0.15) is 18.0 Å². The number of amides is 5. The highest BCUT2D eigenvalue weighted by atomic mass is 16.6. The third-order valence-corrected chi connectivity index (χ3v) is 9.99. The van der Waals surface area contributed by atoms with Crippen LogP contribution in [0.5, 0.6) is 0 Å². The first-order chi connectivity index (χ1) is 24.2. The molecular formula is C39H46N6O6. The van der Waals surface area contributed by atoms with Crippen LogP contribution >= 0.6 is 0 Å². The number of anilines is 2. The lowest BCUT2D eigenvalue weighted by Crippen LogP contribution is -2.45. The van der Waals surface area contributed by atoms with E-state index in [9.17, 15) is 24.0 Å². The third kappa shape index (κ3) is 7.74. The maximum absolute atomic E-state index is 14.1. The molecule has 2 N–H and O–H groups in total. The van der Waals surface area contributed by atoms with Crippen LogP contribution in [0.25, 0.3) is 0 Å². The molecule has 1 unspecified atom stereocenters. The average Bonchev–Trinajstić information content (AvgIpc) is 3.60. The van der Waals surface area contributed by atoms with Gasteiger partial charge in [-0.05, 0) is 86.9 Å². The van der Waals surface area contributed by atoms with Crippen molar-refractivity contribution in [2.75, 3.05) is 37.3 Å². The molecule has 1 saturated heterocycles. The number of nitrogens with one attached hydrogen (secondary N) is 2. The van der Waals surface area contributed by atoms with Gasteiger partial charge in [0.2, 0.25) is 23.6 Å². The van der Waals surface area contributed by atoms with Crippen molar-refractivity contribution in [3.8, 4) is 0 Å². The zero-order valence-corrected chi connectivity index (χ0v) is 30.0. The number of carbonyl (C=O) groups is 5. The molecule has 12 nitrogen and oxygen atoms in total. The van der Waals surface area contributed by atoms with Crippen LogP contribution in [-0.2, 0) is 55.3 Å². The molecule has 3 aromatic rings. The maximum atomic E-state index is 14.1. The van der Waals surface area contributed by atoms with Gasteiger partial charge in [-0.2, -0.15) is 0 Å². The molecule has 2 aliphatic heterocycles. The highest BCUT2D eigenvalue weighted by molar-refractivity contribution is 6.06. The predicted molar refractivity (Wildman–Crippen MR) is 192 cm³/mol. The Balaban J connectivity index is 1.19. The summed E-state index contributed by atoms with van der Waals surface area (Å²) in [6.07, 6.45) is 3.27. The largest absolute Gasteiger partial charge is 0.444 e. The van der Waals surface area contributed by atoms with Crippen molar-refractivity contribution < 1.29 is 28.7 Å². The second-order valence-electron chi connectivity index (χ2n) is 14.9. The summed E-state index contributed by atoms with van der Waals surface area (Å²) in [5, 5.41) is 5.92. The van der Waals surface area contributed by atoms with Crippen molar-refractivity contribution >= 4 is 41.2 Å². The highest BCUT2D eigenvalue weighted by Crippen LogP contribution is 2.47. The van der Waals surface area contributed by atoms with Crippen molar-refractivity contribution in [2.45, 2.75) is 77.5 Å². The fourth-order valence-electron chi connectivity index (χ4n) is 7.36. The fourth-order valence-corrected chi connectivity index (χ4v) is 7.36. The fraction of sp³-hybridized carbons (Fsp3) is 0.436. The van der Waals surface area contributed by atoms with Crippen LogP contribution in [0, 0.1) is 5.92 Å². The molecule has 1 spiro atoms. The smallest absolute Gasteiger partial charge is 0.410 e. The summed E-state index contributed by atoms with van der Waals surface area (Å²) in [5.41, 5.74) is 3.77. The monoisotopic (exact) mass is 694 g/mol. The number of hydrogen-bond acceptors (Lipinski definition) is 7. The first-order valence-electron chi connectivity index (χ1n) is 17.5. The quantitative estimate of drug-likeness (QED) is 0.350. The molecule has 3 aliphatic rings. The Morgan fingerprint density at radius 1 is 0.980 bits per heavy atom. The van der Waals surface area contributed by atoms with E-state index >= 15 is 0 Å². The van der Waals surface area contributed by atoms with Crippen molar-refractivity contribution in [2.24, 2.45) is 5.92 Å². The van der Waals surface area contributed by atoms with E-state index < -0.39 is 17.1 Å². The molecule has 1 atom stereocenters. The van der Waals surface area contributed by atoms with E-state index in [1.54, 1.807) is 23.0 Å². The van der Waals surface area contributed by atoms with Crippen LogP contribution in [0.2, 0.25) is 0 Å². The Morgan fingerprint density at radius 2 is 1.67 bits per heavy atom. The van der Waals surface area contributed by atoms with Gasteiger partial charge in [0.05, 0.1) is 5.41 Å². The van der Waals surface area contributed by atoms with Crippen LogP contribution in [0.15, 0.2) is 60.8 Å². The van der Waals surface area contributed by atoms with Crippen molar-refractivity contribution in [1.29, 1.82) is 0 Å². The summed E-state index contributed by atoms with van der Waals surface area (Å²) >= 11 is 0. The summed E-state index contributed by atoms with van der Waals surface area (Å²) in [6, 6.07) is 17.0. The number of nitrogens with zero attached hydrogens (tertiary/aromatic N) is 4. The molecule has 1 fully saturated rings. The molecule has 268 valence electrons. The molecule has 0 saturated carbocycles. The van der Waals surface area contributed by atoms with E-state index in [2.05, 4.69) is 15.6 Å². The van der Waals surface area contributed by atoms with E-state index in [0.717, 1.165) is 27.8 Å². The molecule has 51 heavy (non-hydrogen) atoms. The van der Waals surface area contributed by atoms with Gasteiger partial charge in [-0.3, -0.25) is 19.2 Å². The summed E-state index contributed by atoms with van der Waals surface area (Å²) in [4.78, 5) is 74.8. The summed E-state index contributed by atoms with van der Waals surface area (Å²) in [7, 11) is 1.66. The topological polar surface area (TPSA) is 141 Å². The minimum atomic E-state index is -0.722. The van der Waals surface area contributed by atoms with Crippen LogP contribution in [-0.4, -0.2) is 81.7 Å². The molecule has 0 radical (unpaired) electrons. The molecule has 0 bridgehead atoms. The number of pyridine rings is 1. The molecule has 3 heterocycles. The Bertz CT molecular complexity index is 1860. The molecule has 5 amide bonds. The normalized spacial score (nSPS) is 18.1. The first kappa shape index (κ1) is 35.6. The van der Waals surface area contributed by atoms with E-state index in [1.165, 1.54) is 11.8 Å². The number of fused-ring (bicyclic) bond motifs is 3. The lowest BCUT2D eigenvalue weighted by Gasteiger charge is -2.34. The Morgan fingerprint density at radius 3 is 2.35 bits per heavy atom. The number of carbonyl (C=O) groups excluding carboxylic acids is 5. The third-order valence-electron chi connectivity index (χ3n) is 9.99. The SMILES string of the molecule is CC(=O)N1CCC(C(=O)N(CC(=O)Nc2ccc3c(c2)CC2(C3)C(=O)Nc3ncccc32)Cc2ccccc2CN(C)C(=O)OC(C)(C)C)CC1. The number of rotatable bonds is 8. The van der Waals surface area contributed by atoms with Gasteiger partial charge in [-0.25, -0.2) is 9.78 Å². The molecule has 12 heteroatoms. The van der Waals surface area contributed by atoms with Gasteiger partial charge in [0.25, 0.3) is 0 Å². The highest BCUT2D eigenvalue weighted by Gasteiger charge is 2.51. The van der Waals surface area contributed by atoms with E-state index in [-0.39, 0.29) is 49.2 Å². The lowest BCUT2D eigenvalue weighted by atomic mass is 9.79. The van der Waals surface area contributed by atoms with Gasteiger partial charge < -0.3 is 30.1 Å². The number of piperidine rings is 1. The molecule has 6 rings (SSSR count). The first-order valence-corrected chi connectivity index (χ1v) is 17.5. The zero-order valence-electron chi connectivity index (χ0n) is 30.0. The number of likely N-dealkylation sites (tertiary alicyclic amines) is 1. The second-order valence-corrected chi connectivity index (χ2v) is 14.9. The second kappa shape index (κ2) is 14.2. The van der Waals surface area contributed by atoms with Crippen molar-refractivity contribution in [1.82, 2.24) is 19.7 Å². The van der Waals surface area contributed by atoms with Crippen molar-refractivity contribution in [3.05, 3.63) is 88.6 Å². The van der Waals surface area contributed by atoms with Crippen LogP contribution in [0.3, 0.4) is 0 Å². The standard InChI is InChI=1S/C39H46N6O6/c1-25(46)44-17-14-26(15-18-44)35(48)45(23-29-10-7-6-9-28(29)22-43(5)37(50)51-38(2,3)4)24-33(47)41-31-13-12-27-20-39(21-30(27)19-31)32-11-8-16-40-34(32)42-36(39)49/h6-13,16,19,26H,14-15,17-18,20-24H2,1-5H3,(H,41,47)(H,40,42,49). The van der Waals surface area contributed by atoms with Gasteiger partial charge in [-0.1, -0.05) is 36.4 Å². The van der Waals surface area contributed by atoms with E-state index in [1.807, 2.05) is 75.4 Å². The van der Waals surface area contributed by atoms with Crippen LogP contribution in [0.1, 0.15) is 68.4 Å². The van der Waals surface area contributed by atoms with Crippen LogP contribution in [0.4, 0.5) is 16.3 Å². The average molecular weight is 695 g/mol. The van der Waals surface area contributed by atoms with Crippen molar-refractivity contribution in [3.63, 3.8) is 0 Å². The Labute approximate surface area is 298 Å². The number of hydrogen-bond donors (Lipinski definition) is 2. The lowest BCUT2D eigenvalue weighted by molar-refractivity contribution is -0.142. The molecule has 2 aromatic carbocycles. The predicted octanol–water partition coefficient (Wildman–Crippen LogP) is 4.66. The van der Waals surface area contributed by atoms with Crippen LogP contribution < -0.4 is 10.6 Å². The van der Waals surface area contributed by atoms with E-state index in [0.29, 0.717) is 50.3 Å². The Hall–Kier alpha value is -5.26. The summed E-state index contributed by atoms with van der Waals surface area (Å²) in [5.74, 6) is -0.337. The number of benzene rings is 2. The molecular weight excluding hydrogens is 648 g/mol. The summed E-state index contributed by atoms with van der Waals surface area (Å²) in [6.45, 7) is 8.16. The number of ether oxygens (including phenoxy) is 1. The van der Waals surface area contributed by atoms with Gasteiger partial charge in [0.15, 0.2) is 0 Å². The molecule has 1 aromatic heterocycles. The minimum Gasteiger partial charge on any atom is -0.444 e. The minimum absolute atomic E-state index is 0.0186. The van der Waals surface area contributed by atoms with Gasteiger partial charge >= 0.3 is 6.09 Å². The maximum Gasteiger partial charge on any atom is 0.410 e. The Kier molecular flexibility index (Phi) is 9.88. The van der Waals surface area contributed by atoms with Gasteiger partial charge in [-0.15, -0.1) is 0 Å². The summed E-state index contributed by atoms with van der Waals surface area (Å²) < 4.78 is 5.54.